The number of ether oxygens (including phenoxy) is 2. The summed E-state index contributed by atoms with van der Waals surface area (Å²) in [5.74, 6) is -2.80. The van der Waals surface area contributed by atoms with Gasteiger partial charge in [0.1, 0.15) is 5.60 Å². The summed E-state index contributed by atoms with van der Waals surface area (Å²) in [4.78, 5) is 11.3. The van der Waals surface area contributed by atoms with Crippen molar-refractivity contribution < 1.29 is 28.2 Å². The van der Waals surface area contributed by atoms with E-state index in [4.69, 9.17) is 4.74 Å². The lowest BCUT2D eigenvalue weighted by Gasteiger charge is -2.44. The zero-order valence-electron chi connectivity index (χ0n) is 10.0. The van der Waals surface area contributed by atoms with E-state index < -0.39 is 29.9 Å². The van der Waals surface area contributed by atoms with Crippen LogP contribution < -0.4 is 0 Å². The van der Waals surface area contributed by atoms with Crippen molar-refractivity contribution in [3.8, 4) is 0 Å². The van der Waals surface area contributed by atoms with Crippen molar-refractivity contribution in [2.24, 2.45) is 0 Å². The van der Waals surface area contributed by atoms with Crippen LogP contribution in [0.25, 0.3) is 0 Å². The maximum absolute atomic E-state index is 13.3. The van der Waals surface area contributed by atoms with Crippen molar-refractivity contribution in [1.29, 1.82) is 0 Å². The van der Waals surface area contributed by atoms with Crippen molar-refractivity contribution in [3.63, 3.8) is 0 Å². The standard InChI is InChI=1S/C11H16F2O4/c1-7(2)8(14)16-9(3)5-10(4,15)17-11(12,13)6-9/h15H,1,5-6H2,2-4H3. The van der Waals surface area contributed by atoms with Gasteiger partial charge in [0, 0.05) is 12.0 Å². The molecule has 1 aliphatic rings. The Hall–Kier alpha value is -1.01. The minimum atomic E-state index is -3.54. The van der Waals surface area contributed by atoms with Gasteiger partial charge in [-0.1, -0.05) is 6.58 Å². The van der Waals surface area contributed by atoms with Gasteiger partial charge in [-0.3, -0.25) is 4.74 Å². The van der Waals surface area contributed by atoms with Crippen LogP contribution in [0.5, 0.6) is 0 Å². The first kappa shape index (κ1) is 14.1. The molecule has 0 amide bonds. The third-order valence-electron chi connectivity index (χ3n) is 2.34. The average molecular weight is 250 g/mol. The van der Waals surface area contributed by atoms with Gasteiger partial charge in [-0.05, 0) is 20.8 Å². The molecule has 0 aromatic carbocycles. The van der Waals surface area contributed by atoms with Gasteiger partial charge in [-0.15, -0.1) is 0 Å². The van der Waals surface area contributed by atoms with Crippen LogP contribution in [0.1, 0.15) is 33.6 Å². The average Bonchev–Trinajstić information content (AvgIpc) is 1.94. The molecule has 1 heterocycles. The number of hydrogen-bond donors (Lipinski definition) is 1. The van der Waals surface area contributed by atoms with Crippen LogP contribution in [0.2, 0.25) is 0 Å². The molecule has 0 bridgehead atoms. The molecular weight excluding hydrogens is 234 g/mol. The molecule has 1 N–H and O–H groups in total. The zero-order chi connectivity index (χ0) is 13.5. The number of hydrogen-bond acceptors (Lipinski definition) is 4. The van der Waals surface area contributed by atoms with Gasteiger partial charge in [-0.2, -0.15) is 8.78 Å². The first-order chi connectivity index (χ1) is 7.45. The number of aliphatic hydroxyl groups is 1. The van der Waals surface area contributed by atoms with Crippen LogP contribution in [0.4, 0.5) is 8.78 Å². The number of carbonyl (C=O) groups is 1. The molecule has 2 atom stereocenters. The van der Waals surface area contributed by atoms with Crippen LogP contribution in [0.3, 0.4) is 0 Å². The Morgan fingerprint density at radius 1 is 1.41 bits per heavy atom. The molecule has 0 saturated carbocycles. The lowest BCUT2D eigenvalue weighted by Crippen LogP contribution is -2.54. The fraction of sp³-hybridized carbons (Fsp3) is 0.727. The van der Waals surface area contributed by atoms with Crippen LogP contribution >= 0.6 is 0 Å². The number of carbonyl (C=O) groups excluding carboxylic acids is 1. The summed E-state index contributed by atoms with van der Waals surface area (Å²) in [6.45, 7) is 7.22. The largest absolute Gasteiger partial charge is 0.455 e. The van der Waals surface area contributed by atoms with Gasteiger partial charge in [0.05, 0.1) is 6.42 Å². The number of halogens is 2. The summed E-state index contributed by atoms with van der Waals surface area (Å²) in [7, 11) is 0. The van der Waals surface area contributed by atoms with Crippen LogP contribution in [0, 0.1) is 0 Å². The van der Waals surface area contributed by atoms with E-state index in [0.717, 1.165) is 6.92 Å². The molecular formula is C11H16F2O4. The summed E-state index contributed by atoms with van der Waals surface area (Å²) < 4.78 is 35.7. The molecule has 17 heavy (non-hydrogen) atoms. The summed E-state index contributed by atoms with van der Waals surface area (Å²) in [5.41, 5.74) is -1.37. The Bertz CT molecular complexity index is 333. The van der Waals surface area contributed by atoms with E-state index in [-0.39, 0.29) is 12.0 Å². The Morgan fingerprint density at radius 3 is 2.35 bits per heavy atom. The molecule has 1 rings (SSSR count). The SMILES string of the molecule is C=C(C)C(=O)OC1(C)CC(C)(O)OC(F)(F)C1. The van der Waals surface area contributed by atoms with Gasteiger partial charge in [0.2, 0.25) is 0 Å². The van der Waals surface area contributed by atoms with Gasteiger partial charge in [0.15, 0.2) is 5.79 Å². The molecule has 2 unspecified atom stereocenters. The highest BCUT2D eigenvalue weighted by atomic mass is 19.3. The smallest absolute Gasteiger partial charge is 0.361 e. The Morgan fingerprint density at radius 2 is 1.94 bits per heavy atom. The van der Waals surface area contributed by atoms with Crippen LogP contribution in [0.15, 0.2) is 12.2 Å². The van der Waals surface area contributed by atoms with E-state index in [0.29, 0.717) is 0 Å². The Kier molecular flexibility index (Phi) is 3.33. The summed E-state index contributed by atoms with van der Waals surface area (Å²) in [6.07, 6.45) is -4.56. The predicted octanol–water partition coefficient (Wildman–Crippen LogP) is 1.98. The maximum Gasteiger partial charge on any atom is 0.361 e. The first-order valence-corrected chi connectivity index (χ1v) is 5.14. The molecule has 0 aromatic rings. The molecule has 4 nitrogen and oxygen atoms in total. The lowest BCUT2D eigenvalue weighted by molar-refractivity contribution is -0.395. The molecule has 0 spiro atoms. The second kappa shape index (κ2) is 4.03. The highest BCUT2D eigenvalue weighted by molar-refractivity contribution is 5.87. The number of esters is 1. The molecule has 1 aliphatic heterocycles. The summed E-state index contributed by atoms with van der Waals surface area (Å²) in [6, 6.07) is 0. The molecule has 0 aromatic heterocycles. The first-order valence-electron chi connectivity index (χ1n) is 5.14. The molecule has 0 aliphatic carbocycles. The summed E-state index contributed by atoms with van der Waals surface area (Å²) >= 11 is 0. The molecule has 98 valence electrons. The zero-order valence-corrected chi connectivity index (χ0v) is 10.0. The Balaban J connectivity index is 2.88. The van der Waals surface area contributed by atoms with Crippen molar-refractivity contribution in [2.45, 2.75) is 51.1 Å². The van der Waals surface area contributed by atoms with Crippen molar-refractivity contribution >= 4 is 5.97 Å². The number of alkyl halides is 2. The fourth-order valence-corrected chi connectivity index (χ4v) is 1.97. The third-order valence-corrected chi connectivity index (χ3v) is 2.34. The molecule has 0 radical (unpaired) electrons. The minimum absolute atomic E-state index is 0.112. The van der Waals surface area contributed by atoms with Crippen LogP contribution in [-0.4, -0.2) is 28.6 Å². The molecule has 1 fully saturated rings. The molecule has 6 heteroatoms. The highest BCUT2D eigenvalue weighted by Crippen LogP contribution is 2.43. The van der Waals surface area contributed by atoms with Gasteiger partial charge < -0.3 is 9.84 Å². The van der Waals surface area contributed by atoms with Gasteiger partial charge in [0.25, 0.3) is 0 Å². The Labute approximate surface area is 98.2 Å². The minimum Gasteiger partial charge on any atom is -0.455 e. The van der Waals surface area contributed by atoms with Gasteiger partial charge in [-0.25, -0.2) is 4.79 Å². The maximum atomic E-state index is 13.3. The number of rotatable bonds is 2. The van der Waals surface area contributed by atoms with E-state index in [1.165, 1.54) is 13.8 Å². The third kappa shape index (κ3) is 3.74. The van der Waals surface area contributed by atoms with Crippen molar-refractivity contribution in [2.75, 3.05) is 0 Å². The quantitative estimate of drug-likeness (QED) is 0.601. The second-order valence-electron chi connectivity index (χ2n) is 4.89. The highest BCUT2D eigenvalue weighted by Gasteiger charge is 2.55. The van der Waals surface area contributed by atoms with E-state index >= 15 is 0 Å². The second-order valence-corrected chi connectivity index (χ2v) is 4.89. The molecule has 1 saturated heterocycles. The lowest BCUT2D eigenvalue weighted by atomic mass is 9.89. The monoisotopic (exact) mass is 250 g/mol. The van der Waals surface area contributed by atoms with E-state index in [2.05, 4.69) is 11.3 Å². The topological polar surface area (TPSA) is 55.8 Å². The van der Waals surface area contributed by atoms with E-state index in [1.807, 2.05) is 0 Å². The normalized spacial score (nSPS) is 36.4. The van der Waals surface area contributed by atoms with E-state index in [1.54, 1.807) is 0 Å². The predicted molar refractivity (Wildman–Crippen MR) is 55.2 cm³/mol. The fourth-order valence-electron chi connectivity index (χ4n) is 1.97. The van der Waals surface area contributed by atoms with Crippen LogP contribution in [-0.2, 0) is 14.3 Å². The van der Waals surface area contributed by atoms with Gasteiger partial charge >= 0.3 is 12.1 Å². The summed E-state index contributed by atoms with van der Waals surface area (Å²) in [5, 5.41) is 9.58. The van der Waals surface area contributed by atoms with E-state index in [9.17, 15) is 18.7 Å². The van der Waals surface area contributed by atoms with Crippen molar-refractivity contribution in [1.82, 2.24) is 0 Å². The van der Waals surface area contributed by atoms with Crippen molar-refractivity contribution in [3.05, 3.63) is 12.2 Å².